The Bertz CT molecular complexity index is 1360. The highest BCUT2D eigenvalue weighted by Crippen LogP contribution is 2.28. The van der Waals surface area contributed by atoms with E-state index in [1.54, 1.807) is 4.90 Å². The number of carbonyl (C=O) groups is 3. The van der Waals surface area contributed by atoms with Crippen LogP contribution in [0.3, 0.4) is 0 Å². The number of nitrogens with zero attached hydrogens (tertiary/aromatic N) is 3. The molecule has 3 aromatic rings. The molecule has 220 valence electrons. The minimum absolute atomic E-state index is 0.00965. The molecule has 2 heterocycles. The zero-order valence-corrected chi connectivity index (χ0v) is 24.1. The van der Waals surface area contributed by atoms with Gasteiger partial charge in [-0.2, -0.15) is 0 Å². The Morgan fingerprint density at radius 2 is 1.64 bits per heavy atom. The molecule has 3 amide bonds. The molecule has 2 fully saturated rings. The van der Waals surface area contributed by atoms with Gasteiger partial charge in [-0.1, -0.05) is 60.7 Å². The maximum atomic E-state index is 13.0. The predicted octanol–water partition coefficient (Wildman–Crippen LogP) is 4.07. The number of ether oxygens (including phenoxy) is 1. The fourth-order valence-corrected chi connectivity index (χ4v) is 5.45. The third-order valence-electron chi connectivity index (χ3n) is 7.88. The molecular weight excluding hydrogens is 530 g/mol. The highest BCUT2D eigenvalue weighted by atomic mass is 16.6. The lowest BCUT2D eigenvalue weighted by molar-refractivity contribution is -0.124. The van der Waals surface area contributed by atoms with Crippen LogP contribution in [0.25, 0.3) is 11.1 Å². The van der Waals surface area contributed by atoms with Crippen molar-refractivity contribution in [3.63, 3.8) is 0 Å². The Labute approximate surface area is 247 Å². The second-order valence-electron chi connectivity index (χ2n) is 11.0. The zero-order chi connectivity index (χ0) is 29.3. The smallest absolute Gasteiger partial charge is 0.411 e. The average molecular weight is 570 g/mol. The van der Waals surface area contributed by atoms with Crippen molar-refractivity contribution in [2.24, 2.45) is 0 Å². The van der Waals surface area contributed by atoms with Crippen LogP contribution in [0.5, 0.6) is 0 Å². The van der Waals surface area contributed by atoms with E-state index in [9.17, 15) is 14.4 Å². The van der Waals surface area contributed by atoms with E-state index in [1.165, 1.54) is 0 Å². The number of hydrogen-bond donors (Lipinski definition) is 2. The minimum atomic E-state index is -0.436. The van der Waals surface area contributed by atoms with Crippen LogP contribution >= 0.6 is 0 Å². The quantitative estimate of drug-likeness (QED) is 0.404. The number of amides is 3. The van der Waals surface area contributed by atoms with Crippen molar-refractivity contribution in [1.29, 1.82) is 0 Å². The lowest BCUT2D eigenvalue weighted by Crippen LogP contribution is -2.47. The lowest BCUT2D eigenvalue weighted by Gasteiger charge is -2.32. The van der Waals surface area contributed by atoms with Crippen molar-refractivity contribution in [2.45, 2.75) is 25.5 Å². The van der Waals surface area contributed by atoms with Crippen LogP contribution in [-0.2, 0) is 16.1 Å². The minimum Gasteiger partial charge on any atom is -0.446 e. The number of piperazine rings is 1. The molecular formula is C33H39N5O4. The van der Waals surface area contributed by atoms with Crippen molar-refractivity contribution < 1.29 is 19.1 Å². The first-order valence-corrected chi connectivity index (χ1v) is 14.6. The Morgan fingerprint density at radius 3 is 2.38 bits per heavy atom. The predicted molar refractivity (Wildman–Crippen MR) is 163 cm³/mol. The van der Waals surface area contributed by atoms with E-state index in [0.717, 1.165) is 61.4 Å². The van der Waals surface area contributed by atoms with E-state index in [-0.39, 0.29) is 17.9 Å². The van der Waals surface area contributed by atoms with Crippen molar-refractivity contribution in [3.05, 3.63) is 90.0 Å². The molecule has 0 atom stereocenters. The number of carbonyl (C=O) groups excluding carboxylic acids is 3. The van der Waals surface area contributed by atoms with Gasteiger partial charge >= 0.3 is 6.09 Å². The molecule has 9 heteroatoms. The number of nitrogens with one attached hydrogen (secondary N) is 2. The molecule has 5 rings (SSSR count). The second kappa shape index (κ2) is 14.1. The number of likely N-dealkylation sites (tertiary alicyclic amines) is 1. The molecule has 2 N–H and O–H groups in total. The van der Waals surface area contributed by atoms with Gasteiger partial charge in [-0.15, -0.1) is 0 Å². The van der Waals surface area contributed by atoms with Crippen LogP contribution in [0.4, 0.5) is 10.5 Å². The fourth-order valence-electron chi connectivity index (χ4n) is 5.45. The number of hydrogen-bond acceptors (Lipinski definition) is 6. The van der Waals surface area contributed by atoms with E-state index in [2.05, 4.69) is 20.4 Å². The Balaban J connectivity index is 1.03. The fraction of sp³-hybridized carbons (Fsp3) is 0.364. The van der Waals surface area contributed by atoms with Gasteiger partial charge in [0.15, 0.2) is 0 Å². The van der Waals surface area contributed by atoms with Crippen molar-refractivity contribution in [2.75, 3.05) is 58.2 Å². The van der Waals surface area contributed by atoms with Gasteiger partial charge < -0.3 is 19.9 Å². The lowest BCUT2D eigenvalue weighted by atomic mass is 10.0. The maximum Gasteiger partial charge on any atom is 0.411 e. The normalized spacial score (nSPS) is 16.5. The van der Waals surface area contributed by atoms with E-state index in [0.29, 0.717) is 31.7 Å². The number of para-hydroxylation sites is 1. The van der Waals surface area contributed by atoms with Crippen LogP contribution in [0.2, 0.25) is 0 Å². The number of likely N-dealkylation sites (N-methyl/N-ethyl adjacent to an activating group) is 1. The summed E-state index contributed by atoms with van der Waals surface area (Å²) < 4.78 is 5.75. The molecule has 0 spiro atoms. The Hall–Kier alpha value is -4.21. The maximum absolute atomic E-state index is 13.0. The van der Waals surface area contributed by atoms with Crippen LogP contribution in [0, 0.1) is 0 Å². The molecule has 42 heavy (non-hydrogen) atoms. The highest BCUT2D eigenvalue weighted by Gasteiger charge is 2.24. The SMILES string of the molecule is CN(CCN1CCC(OC(=O)Nc2ccccc2-c2ccccc2)CC1)C(=O)c1ccc(CN2CCNC(=O)C2)cc1. The molecule has 0 radical (unpaired) electrons. The molecule has 2 aliphatic rings. The summed E-state index contributed by atoms with van der Waals surface area (Å²) in [6, 6.07) is 25.3. The molecule has 0 aliphatic carbocycles. The molecule has 3 aromatic carbocycles. The Morgan fingerprint density at radius 1 is 0.929 bits per heavy atom. The number of piperidine rings is 1. The third kappa shape index (κ3) is 7.96. The van der Waals surface area contributed by atoms with Crippen molar-refractivity contribution in [3.8, 4) is 11.1 Å². The number of benzene rings is 3. The van der Waals surface area contributed by atoms with Gasteiger partial charge in [0.25, 0.3) is 5.91 Å². The molecule has 0 bridgehead atoms. The molecule has 2 saturated heterocycles. The topological polar surface area (TPSA) is 94.2 Å². The molecule has 9 nitrogen and oxygen atoms in total. The number of anilines is 1. The van der Waals surface area contributed by atoms with Crippen molar-refractivity contribution in [1.82, 2.24) is 20.0 Å². The van der Waals surface area contributed by atoms with E-state index in [4.69, 9.17) is 4.74 Å². The second-order valence-corrected chi connectivity index (χ2v) is 11.0. The first kappa shape index (κ1) is 29.3. The monoisotopic (exact) mass is 569 g/mol. The summed E-state index contributed by atoms with van der Waals surface area (Å²) in [7, 11) is 1.83. The van der Waals surface area contributed by atoms with Gasteiger partial charge in [0.2, 0.25) is 5.91 Å². The van der Waals surface area contributed by atoms with E-state index in [1.807, 2.05) is 85.9 Å². The van der Waals surface area contributed by atoms with Gasteiger partial charge in [-0.25, -0.2) is 4.79 Å². The summed E-state index contributed by atoms with van der Waals surface area (Å²) in [5.74, 6) is 0.0437. The van der Waals surface area contributed by atoms with E-state index >= 15 is 0 Å². The standard InChI is InChI=1S/C33H39N5O4/c1-36(32(40)27-13-11-25(12-14-27)23-38-20-17-34-31(39)24-38)21-22-37-18-15-28(16-19-37)42-33(41)35-30-10-6-5-9-29(30)26-7-3-2-4-8-26/h2-14,28H,15-24H2,1H3,(H,34,39)(H,35,41). The van der Waals surface area contributed by atoms with Crippen LogP contribution in [-0.4, -0.2) is 91.6 Å². The van der Waals surface area contributed by atoms with Crippen LogP contribution in [0.1, 0.15) is 28.8 Å². The van der Waals surface area contributed by atoms with Gasteiger partial charge in [0, 0.05) is 64.0 Å². The van der Waals surface area contributed by atoms with Crippen molar-refractivity contribution >= 4 is 23.6 Å². The van der Waals surface area contributed by atoms with Gasteiger partial charge in [-0.05, 0) is 42.2 Å². The summed E-state index contributed by atoms with van der Waals surface area (Å²) >= 11 is 0. The summed E-state index contributed by atoms with van der Waals surface area (Å²) in [6.07, 6.45) is 0.939. The highest BCUT2D eigenvalue weighted by molar-refractivity contribution is 5.94. The summed E-state index contributed by atoms with van der Waals surface area (Å²) in [6.45, 7) is 5.60. The zero-order valence-electron chi connectivity index (χ0n) is 24.1. The van der Waals surface area contributed by atoms with Crippen LogP contribution < -0.4 is 10.6 Å². The molecule has 0 aromatic heterocycles. The molecule has 2 aliphatic heterocycles. The first-order chi connectivity index (χ1) is 20.4. The van der Waals surface area contributed by atoms with Gasteiger partial charge in [0.1, 0.15) is 6.10 Å². The van der Waals surface area contributed by atoms with Gasteiger partial charge in [-0.3, -0.25) is 19.8 Å². The third-order valence-corrected chi connectivity index (χ3v) is 7.88. The number of rotatable bonds is 9. The first-order valence-electron chi connectivity index (χ1n) is 14.6. The summed E-state index contributed by atoms with van der Waals surface area (Å²) in [4.78, 5) is 43.4. The largest absolute Gasteiger partial charge is 0.446 e. The van der Waals surface area contributed by atoms with Crippen LogP contribution in [0.15, 0.2) is 78.9 Å². The molecule has 0 saturated carbocycles. The summed E-state index contributed by atoms with van der Waals surface area (Å²) in [5.41, 5.74) is 4.45. The van der Waals surface area contributed by atoms with Gasteiger partial charge in [0.05, 0.1) is 12.2 Å². The van der Waals surface area contributed by atoms with E-state index < -0.39 is 6.09 Å². The Kier molecular flexibility index (Phi) is 9.84. The molecule has 0 unspecified atom stereocenters. The average Bonchev–Trinajstić information content (AvgIpc) is 3.01. The summed E-state index contributed by atoms with van der Waals surface area (Å²) in [5, 5.41) is 5.76.